The molecule has 0 saturated heterocycles. The van der Waals surface area contributed by atoms with Gasteiger partial charge in [-0.3, -0.25) is 9.59 Å². The summed E-state index contributed by atoms with van der Waals surface area (Å²) in [5, 5.41) is 17.9. The first-order valence-corrected chi connectivity index (χ1v) is 5.56. The average Bonchev–Trinajstić information content (AvgIpc) is 2.37. The van der Waals surface area contributed by atoms with Gasteiger partial charge in [-0.15, -0.1) is 0 Å². The van der Waals surface area contributed by atoms with Crippen LogP contribution in [0, 0.1) is 0 Å². The van der Waals surface area contributed by atoms with Gasteiger partial charge in [0.25, 0.3) is 11.5 Å². The smallest absolute Gasteiger partial charge is 0.272 e. The molecule has 0 aliphatic heterocycles. The molecule has 0 bridgehead atoms. The largest absolute Gasteiger partial charge is 0.394 e. The molecule has 6 heteroatoms. The Morgan fingerprint density at radius 2 is 2.12 bits per heavy atom. The Bertz CT molecular complexity index is 409. The van der Waals surface area contributed by atoms with Crippen molar-refractivity contribution in [2.45, 2.75) is 32.2 Å². The summed E-state index contributed by atoms with van der Waals surface area (Å²) < 4.78 is 0. The number of rotatable bonds is 5. The molecule has 0 aliphatic carbocycles. The Morgan fingerprint density at radius 1 is 1.47 bits per heavy atom. The van der Waals surface area contributed by atoms with Gasteiger partial charge in [0.15, 0.2) is 0 Å². The molecule has 0 atom stereocenters. The van der Waals surface area contributed by atoms with Crippen molar-refractivity contribution >= 4 is 5.91 Å². The number of aromatic amines is 1. The van der Waals surface area contributed by atoms with Crippen molar-refractivity contribution in [3.63, 3.8) is 0 Å². The van der Waals surface area contributed by atoms with E-state index >= 15 is 0 Å². The molecule has 1 aromatic heterocycles. The number of carbonyl (C=O) groups excluding carboxylic acids is 1. The Labute approximate surface area is 99.1 Å². The zero-order chi connectivity index (χ0) is 12.9. The molecule has 1 heterocycles. The third kappa shape index (κ3) is 3.13. The maximum absolute atomic E-state index is 11.8. The highest BCUT2D eigenvalue weighted by molar-refractivity contribution is 5.92. The van der Waals surface area contributed by atoms with E-state index in [1.165, 1.54) is 12.1 Å². The van der Waals surface area contributed by atoms with Crippen LogP contribution in [0.3, 0.4) is 0 Å². The monoisotopic (exact) mass is 239 g/mol. The number of amides is 1. The van der Waals surface area contributed by atoms with Crippen LogP contribution < -0.4 is 10.9 Å². The summed E-state index contributed by atoms with van der Waals surface area (Å²) in [4.78, 5) is 22.6. The van der Waals surface area contributed by atoms with Crippen LogP contribution >= 0.6 is 0 Å². The number of aromatic nitrogens is 2. The lowest BCUT2D eigenvalue weighted by molar-refractivity contribution is 0.0811. The van der Waals surface area contributed by atoms with Gasteiger partial charge in [0.1, 0.15) is 5.69 Å². The van der Waals surface area contributed by atoms with Crippen LogP contribution in [0.4, 0.5) is 0 Å². The molecule has 1 amide bonds. The molecule has 0 fully saturated rings. The number of nitrogens with one attached hydrogen (secondary N) is 2. The van der Waals surface area contributed by atoms with Gasteiger partial charge in [-0.05, 0) is 18.9 Å². The zero-order valence-electron chi connectivity index (χ0n) is 9.99. The van der Waals surface area contributed by atoms with Crippen molar-refractivity contribution in [3.8, 4) is 0 Å². The third-order valence-electron chi connectivity index (χ3n) is 2.95. The van der Waals surface area contributed by atoms with E-state index in [2.05, 4.69) is 15.5 Å². The first kappa shape index (κ1) is 13.4. The van der Waals surface area contributed by atoms with Gasteiger partial charge in [-0.2, -0.15) is 5.10 Å². The maximum Gasteiger partial charge on any atom is 0.272 e. The van der Waals surface area contributed by atoms with Crippen molar-refractivity contribution in [1.29, 1.82) is 0 Å². The van der Waals surface area contributed by atoms with Crippen LogP contribution in [0.25, 0.3) is 0 Å². The Hall–Kier alpha value is -1.69. The van der Waals surface area contributed by atoms with Crippen molar-refractivity contribution < 1.29 is 9.90 Å². The molecule has 6 nitrogen and oxygen atoms in total. The second-order valence-corrected chi connectivity index (χ2v) is 3.91. The molecule has 17 heavy (non-hydrogen) atoms. The number of aliphatic hydroxyl groups is 1. The molecule has 3 N–H and O–H groups in total. The normalized spacial score (nSPS) is 11.2. The first-order chi connectivity index (χ1) is 8.06. The predicted molar refractivity (Wildman–Crippen MR) is 62.7 cm³/mol. The van der Waals surface area contributed by atoms with Crippen LogP contribution in [0.15, 0.2) is 16.9 Å². The molecule has 0 aliphatic rings. The summed E-state index contributed by atoms with van der Waals surface area (Å²) in [6.07, 6.45) is 1.24. The molecular weight excluding hydrogens is 222 g/mol. The van der Waals surface area contributed by atoms with Gasteiger partial charge in [-0.1, -0.05) is 13.8 Å². The van der Waals surface area contributed by atoms with Gasteiger partial charge in [-0.25, -0.2) is 5.10 Å². The van der Waals surface area contributed by atoms with E-state index in [0.717, 1.165) is 0 Å². The van der Waals surface area contributed by atoms with Crippen molar-refractivity contribution in [2.24, 2.45) is 0 Å². The third-order valence-corrected chi connectivity index (χ3v) is 2.95. The van der Waals surface area contributed by atoms with E-state index in [1.54, 1.807) is 0 Å². The molecule has 0 unspecified atom stereocenters. The highest BCUT2D eigenvalue weighted by atomic mass is 16.3. The van der Waals surface area contributed by atoms with E-state index in [9.17, 15) is 14.7 Å². The lowest BCUT2D eigenvalue weighted by Gasteiger charge is -2.30. The van der Waals surface area contributed by atoms with Gasteiger partial charge in [0.2, 0.25) is 0 Å². The van der Waals surface area contributed by atoms with E-state index in [1.807, 2.05) is 13.8 Å². The summed E-state index contributed by atoms with van der Waals surface area (Å²) in [6, 6.07) is 2.59. The minimum atomic E-state index is -0.630. The minimum Gasteiger partial charge on any atom is -0.394 e. The first-order valence-electron chi connectivity index (χ1n) is 5.56. The molecule has 1 rings (SSSR count). The molecule has 0 radical (unpaired) electrons. The average molecular weight is 239 g/mol. The van der Waals surface area contributed by atoms with Gasteiger partial charge in [0.05, 0.1) is 12.1 Å². The standard InChI is InChI=1S/C11H17N3O3/c1-3-11(4-2,7-15)12-10(17)8-5-6-9(16)14-13-8/h5-6,15H,3-4,7H2,1-2H3,(H,12,17)(H,14,16). The fourth-order valence-corrected chi connectivity index (χ4v) is 1.47. The van der Waals surface area contributed by atoms with E-state index in [4.69, 9.17) is 0 Å². The number of nitrogens with zero attached hydrogens (tertiary/aromatic N) is 1. The fraction of sp³-hybridized carbons (Fsp3) is 0.545. The lowest BCUT2D eigenvalue weighted by atomic mass is 9.93. The molecule has 0 aromatic carbocycles. The van der Waals surface area contributed by atoms with Crippen LogP contribution in [0.5, 0.6) is 0 Å². The maximum atomic E-state index is 11.8. The zero-order valence-corrected chi connectivity index (χ0v) is 9.99. The number of aliphatic hydroxyl groups excluding tert-OH is 1. The van der Waals surface area contributed by atoms with Crippen LogP contribution in [0.1, 0.15) is 37.2 Å². The minimum absolute atomic E-state index is 0.129. The van der Waals surface area contributed by atoms with Crippen molar-refractivity contribution in [1.82, 2.24) is 15.5 Å². The number of carbonyl (C=O) groups is 1. The second-order valence-electron chi connectivity index (χ2n) is 3.91. The molecule has 0 spiro atoms. The quantitative estimate of drug-likeness (QED) is 0.676. The molecule has 94 valence electrons. The van der Waals surface area contributed by atoms with Crippen LogP contribution in [-0.4, -0.2) is 33.4 Å². The van der Waals surface area contributed by atoms with Crippen molar-refractivity contribution in [3.05, 3.63) is 28.2 Å². The van der Waals surface area contributed by atoms with E-state index in [-0.39, 0.29) is 17.9 Å². The molecular formula is C11H17N3O3. The van der Waals surface area contributed by atoms with Crippen LogP contribution in [0.2, 0.25) is 0 Å². The number of hydrogen-bond acceptors (Lipinski definition) is 4. The highest BCUT2D eigenvalue weighted by Gasteiger charge is 2.27. The summed E-state index contributed by atoms with van der Waals surface area (Å²) in [6.45, 7) is 3.65. The van der Waals surface area contributed by atoms with Gasteiger partial charge >= 0.3 is 0 Å². The molecule has 0 saturated carbocycles. The number of hydrogen-bond donors (Lipinski definition) is 3. The SMILES string of the molecule is CCC(CC)(CO)NC(=O)c1ccc(=O)[nH]n1. The molecule has 1 aromatic rings. The van der Waals surface area contributed by atoms with Crippen LogP contribution in [-0.2, 0) is 0 Å². The Balaban J connectivity index is 2.84. The summed E-state index contributed by atoms with van der Waals surface area (Å²) in [7, 11) is 0. The van der Waals surface area contributed by atoms with Gasteiger partial charge in [0, 0.05) is 6.07 Å². The summed E-state index contributed by atoms with van der Waals surface area (Å²) >= 11 is 0. The van der Waals surface area contributed by atoms with E-state index < -0.39 is 11.4 Å². The summed E-state index contributed by atoms with van der Waals surface area (Å²) in [5.74, 6) is -0.404. The number of H-pyrrole nitrogens is 1. The fourth-order valence-electron chi connectivity index (χ4n) is 1.47. The summed E-state index contributed by atoms with van der Waals surface area (Å²) in [5.41, 5.74) is -0.861. The predicted octanol–water partition coefficient (Wildman–Crippen LogP) is 0.0508. The van der Waals surface area contributed by atoms with Gasteiger partial charge < -0.3 is 10.4 Å². The Kier molecular flexibility index (Phi) is 4.39. The topological polar surface area (TPSA) is 95.1 Å². The lowest BCUT2D eigenvalue weighted by Crippen LogP contribution is -2.50. The Morgan fingerprint density at radius 3 is 2.53 bits per heavy atom. The van der Waals surface area contributed by atoms with Crippen molar-refractivity contribution in [2.75, 3.05) is 6.61 Å². The van der Waals surface area contributed by atoms with E-state index in [0.29, 0.717) is 12.8 Å². The second kappa shape index (κ2) is 5.58. The highest BCUT2D eigenvalue weighted by Crippen LogP contribution is 2.14.